The topological polar surface area (TPSA) is 49.2 Å². The molecule has 0 saturated carbocycles. The SMILES string of the molecule is [B]c1cn(CC2OCC(C)(C)CO2)nn1. The molecule has 1 aromatic rings. The maximum Gasteiger partial charge on any atom is 0.177 e. The quantitative estimate of drug-likeness (QED) is 0.611. The van der Waals surface area contributed by atoms with Gasteiger partial charge in [0.15, 0.2) is 6.29 Å². The Kier molecular flexibility index (Phi) is 2.80. The van der Waals surface area contributed by atoms with Crippen molar-refractivity contribution in [2.45, 2.75) is 26.7 Å². The molecule has 1 saturated heterocycles. The van der Waals surface area contributed by atoms with Crippen molar-refractivity contribution in [1.82, 2.24) is 15.0 Å². The first-order chi connectivity index (χ1) is 7.05. The highest BCUT2D eigenvalue weighted by atomic mass is 16.7. The summed E-state index contributed by atoms with van der Waals surface area (Å²) in [4.78, 5) is 0. The summed E-state index contributed by atoms with van der Waals surface area (Å²) in [7, 11) is 5.45. The Labute approximate surface area is 90.2 Å². The molecule has 1 fully saturated rings. The summed E-state index contributed by atoms with van der Waals surface area (Å²) < 4.78 is 12.7. The molecule has 0 aliphatic carbocycles. The number of nitrogens with zero attached hydrogens (tertiary/aromatic N) is 3. The van der Waals surface area contributed by atoms with E-state index in [9.17, 15) is 0 Å². The lowest BCUT2D eigenvalue weighted by Gasteiger charge is -2.34. The van der Waals surface area contributed by atoms with Gasteiger partial charge in [0.05, 0.1) is 19.8 Å². The van der Waals surface area contributed by atoms with Gasteiger partial charge in [0.25, 0.3) is 0 Å². The van der Waals surface area contributed by atoms with Gasteiger partial charge in [0.2, 0.25) is 0 Å². The Hall–Kier alpha value is -0.875. The van der Waals surface area contributed by atoms with Crippen molar-refractivity contribution >= 4 is 13.4 Å². The Morgan fingerprint density at radius 1 is 1.53 bits per heavy atom. The molecule has 0 unspecified atom stereocenters. The zero-order valence-corrected chi connectivity index (χ0v) is 9.01. The molecular weight excluding hydrogens is 193 g/mol. The highest BCUT2D eigenvalue weighted by Gasteiger charge is 2.28. The van der Waals surface area contributed by atoms with Crippen LogP contribution in [0.15, 0.2) is 6.20 Å². The van der Waals surface area contributed by atoms with Gasteiger partial charge in [-0.15, -0.1) is 5.10 Å². The molecule has 5 nitrogen and oxygen atoms in total. The summed E-state index contributed by atoms with van der Waals surface area (Å²) >= 11 is 0. The van der Waals surface area contributed by atoms with Crippen LogP contribution in [0.25, 0.3) is 0 Å². The Morgan fingerprint density at radius 3 is 2.73 bits per heavy atom. The zero-order chi connectivity index (χ0) is 10.9. The van der Waals surface area contributed by atoms with Crippen molar-refractivity contribution in [3.8, 4) is 0 Å². The predicted molar refractivity (Wildman–Crippen MR) is 54.9 cm³/mol. The predicted octanol–water partition coefficient (Wildman–Crippen LogP) is -0.529. The van der Waals surface area contributed by atoms with Crippen LogP contribution < -0.4 is 5.59 Å². The van der Waals surface area contributed by atoms with Crippen LogP contribution in [0.5, 0.6) is 0 Å². The van der Waals surface area contributed by atoms with E-state index < -0.39 is 0 Å². The number of hydrogen-bond donors (Lipinski definition) is 0. The second kappa shape index (κ2) is 3.94. The molecule has 0 spiro atoms. The van der Waals surface area contributed by atoms with Crippen LogP contribution in [0, 0.1) is 5.41 Å². The van der Waals surface area contributed by atoms with Gasteiger partial charge in [-0.2, -0.15) is 0 Å². The first kappa shape index (κ1) is 10.6. The van der Waals surface area contributed by atoms with Crippen molar-refractivity contribution in [3.05, 3.63) is 6.20 Å². The lowest BCUT2D eigenvalue weighted by molar-refractivity contribution is -0.227. The van der Waals surface area contributed by atoms with Gasteiger partial charge in [0.1, 0.15) is 7.85 Å². The smallest absolute Gasteiger partial charge is 0.177 e. The van der Waals surface area contributed by atoms with E-state index in [0.29, 0.717) is 25.4 Å². The van der Waals surface area contributed by atoms with Gasteiger partial charge < -0.3 is 9.47 Å². The normalized spacial score (nSPS) is 21.7. The summed E-state index contributed by atoms with van der Waals surface area (Å²) in [6.07, 6.45) is 1.41. The number of aromatic nitrogens is 3. The van der Waals surface area contributed by atoms with E-state index >= 15 is 0 Å². The van der Waals surface area contributed by atoms with Gasteiger partial charge in [-0.3, -0.25) is 0 Å². The van der Waals surface area contributed by atoms with E-state index in [0.717, 1.165) is 0 Å². The molecule has 1 aliphatic heterocycles. The highest BCUT2D eigenvalue weighted by Crippen LogP contribution is 2.23. The van der Waals surface area contributed by atoms with Gasteiger partial charge in [0, 0.05) is 17.2 Å². The Morgan fingerprint density at radius 2 is 2.20 bits per heavy atom. The van der Waals surface area contributed by atoms with Crippen LogP contribution in [-0.2, 0) is 16.0 Å². The molecule has 0 amide bonds. The van der Waals surface area contributed by atoms with E-state index in [1.54, 1.807) is 10.9 Å². The number of rotatable bonds is 2. The molecule has 2 radical (unpaired) electrons. The molecule has 80 valence electrons. The second-order valence-corrected chi connectivity index (χ2v) is 4.58. The van der Waals surface area contributed by atoms with Crippen LogP contribution in [0.2, 0.25) is 0 Å². The van der Waals surface area contributed by atoms with E-state index in [1.807, 2.05) is 0 Å². The second-order valence-electron chi connectivity index (χ2n) is 4.58. The minimum absolute atomic E-state index is 0.0951. The molecule has 1 aliphatic rings. The zero-order valence-electron chi connectivity index (χ0n) is 9.01. The molecule has 0 atom stereocenters. The fourth-order valence-corrected chi connectivity index (χ4v) is 1.39. The molecule has 15 heavy (non-hydrogen) atoms. The summed E-state index contributed by atoms with van der Waals surface area (Å²) in [5.74, 6) is 0. The van der Waals surface area contributed by atoms with Gasteiger partial charge in [-0.1, -0.05) is 19.1 Å². The molecule has 6 heteroatoms. The van der Waals surface area contributed by atoms with Crippen LogP contribution in [0.1, 0.15) is 13.8 Å². The maximum absolute atomic E-state index is 5.55. The molecular formula is C9H14BN3O2. The monoisotopic (exact) mass is 207 g/mol. The highest BCUT2D eigenvalue weighted by molar-refractivity contribution is 6.30. The lowest BCUT2D eigenvalue weighted by Crippen LogP contribution is -2.39. The molecule has 0 aromatic carbocycles. The molecule has 2 rings (SSSR count). The third-order valence-electron chi connectivity index (χ3n) is 2.21. The largest absolute Gasteiger partial charge is 0.350 e. The fraction of sp³-hybridized carbons (Fsp3) is 0.778. The van der Waals surface area contributed by atoms with Crippen molar-refractivity contribution < 1.29 is 9.47 Å². The molecule has 1 aromatic heterocycles. The van der Waals surface area contributed by atoms with Gasteiger partial charge >= 0.3 is 0 Å². The number of hydrogen-bond acceptors (Lipinski definition) is 4. The van der Waals surface area contributed by atoms with E-state index in [4.69, 9.17) is 17.3 Å². The van der Waals surface area contributed by atoms with Crippen molar-refractivity contribution in [2.24, 2.45) is 5.41 Å². The van der Waals surface area contributed by atoms with Crippen LogP contribution in [0.3, 0.4) is 0 Å². The summed E-state index contributed by atoms with van der Waals surface area (Å²) in [5, 5.41) is 7.52. The van der Waals surface area contributed by atoms with Crippen LogP contribution in [0.4, 0.5) is 0 Å². The van der Waals surface area contributed by atoms with Crippen LogP contribution in [-0.4, -0.2) is 42.3 Å². The fourth-order valence-electron chi connectivity index (χ4n) is 1.39. The minimum Gasteiger partial charge on any atom is -0.350 e. The average molecular weight is 207 g/mol. The standard InChI is InChI=1S/C9H14BN3O2/c1-9(2)5-14-8(15-6-9)4-13-3-7(10)11-12-13/h3,8H,4-6H2,1-2H3. The van der Waals surface area contributed by atoms with E-state index in [2.05, 4.69) is 24.2 Å². The van der Waals surface area contributed by atoms with Crippen molar-refractivity contribution in [1.29, 1.82) is 0 Å². The Bertz CT molecular complexity index is 330. The van der Waals surface area contributed by atoms with E-state index in [1.165, 1.54) is 0 Å². The third kappa shape index (κ3) is 2.79. The lowest BCUT2D eigenvalue weighted by atomic mass is 9.96. The van der Waals surface area contributed by atoms with Gasteiger partial charge in [-0.05, 0) is 0 Å². The molecule has 2 heterocycles. The summed E-state index contributed by atoms with van der Waals surface area (Å²) in [5.41, 5.74) is 0.504. The first-order valence-electron chi connectivity index (χ1n) is 4.94. The average Bonchev–Trinajstić information content (AvgIpc) is 2.55. The molecule has 0 bridgehead atoms. The van der Waals surface area contributed by atoms with Crippen LogP contribution >= 0.6 is 0 Å². The van der Waals surface area contributed by atoms with Crippen molar-refractivity contribution in [2.75, 3.05) is 13.2 Å². The maximum atomic E-state index is 5.55. The Balaban J connectivity index is 1.87. The van der Waals surface area contributed by atoms with E-state index in [-0.39, 0.29) is 11.7 Å². The molecule has 0 N–H and O–H groups in total. The first-order valence-corrected chi connectivity index (χ1v) is 4.94. The number of ether oxygens (including phenoxy) is 2. The summed E-state index contributed by atoms with van der Waals surface area (Å²) in [6.45, 7) is 6.14. The van der Waals surface area contributed by atoms with Crippen molar-refractivity contribution in [3.63, 3.8) is 0 Å². The summed E-state index contributed by atoms with van der Waals surface area (Å²) in [6, 6.07) is 0. The minimum atomic E-state index is -0.251. The van der Waals surface area contributed by atoms with Gasteiger partial charge in [-0.25, -0.2) is 4.68 Å². The third-order valence-corrected chi connectivity index (χ3v) is 2.21.